The Hall–Kier alpha value is -1.30. The van der Waals surface area contributed by atoms with Crippen LogP contribution in [0.15, 0.2) is 11.6 Å². The van der Waals surface area contributed by atoms with Crippen LogP contribution in [0.25, 0.3) is 0 Å². The quantitative estimate of drug-likeness (QED) is 0.909. The van der Waals surface area contributed by atoms with Crippen molar-refractivity contribution in [3.8, 4) is 0 Å². The number of urea groups is 1. The number of piperazine rings is 1. The first-order valence-corrected chi connectivity index (χ1v) is 8.32. The van der Waals surface area contributed by atoms with Gasteiger partial charge in [0.1, 0.15) is 0 Å². The molecule has 20 heavy (non-hydrogen) atoms. The van der Waals surface area contributed by atoms with Crippen molar-refractivity contribution in [2.24, 2.45) is 5.92 Å². The smallest absolute Gasteiger partial charge is 0.317 e. The molecule has 0 spiro atoms. The number of anilines is 1. The minimum absolute atomic E-state index is 0.113. The molecule has 3 rings (SSSR count). The number of hydrogen-bond donors (Lipinski definition) is 1. The van der Waals surface area contributed by atoms with Crippen LogP contribution in [0, 0.1) is 5.92 Å². The van der Waals surface area contributed by atoms with E-state index < -0.39 is 0 Å². The second kappa shape index (κ2) is 5.99. The molecule has 0 bridgehead atoms. The highest BCUT2D eigenvalue weighted by molar-refractivity contribution is 7.13. The summed E-state index contributed by atoms with van der Waals surface area (Å²) in [4.78, 5) is 20.8. The lowest BCUT2D eigenvalue weighted by Gasteiger charge is -2.35. The van der Waals surface area contributed by atoms with Crippen molar-refractivity contribution in [3.05, 3.63) is 11.6 Å². The summed E-state index contributed by atoms with van der Waals surface area (Å²) in [5, 5.41) is 6.26. The Morgan fingerprint density at radius 1 is 1.35 bits per heavy atom. The minimum Gasteiger partial charge on any atom is -0.345 e. The highest BCUT2D eigenvalue weighted by atomic mass is 32.1. The number of nitrogens with zero attached hydrogens (tertiary/aromatic N) is 3. The second-order valence-electron chi connectivity index (χ2n) is 5.75. The van der Waals surface area contributed by atoms with Gasteiger partial charge in [-0.15, -0.1) is 11.3 Å². The van der Waals surface area contributed by atoms with E-state index in [1.54, 1.807) is 11.3 Å². The van der Waals surface area contributed by atoms with Gasteiger partial charge in [0.15, 0.2) is 5.13 Å². The average Bonchev–Trinajstić information content (AvgIpc) is 3.12. The Labute approximate surface area is 124 Å². The molecule has 2 amide bonds. The fourth-order valence-corrected chi connectivity index (χ4v) is 3.78. The van der Waals surface area contributed by atoms with E-state index in [0.29, 0.717) is 12.0 Å². The maximum atomic E-state index is 12.3. The van der Waals surface area contributed by atoms with Gasteiger partial charge < -0.3 is 15.1 Å². The third-order valence-corrected chi connectivity index (χ3v) is 5.26. The molecule has 2 atom stereocenters. The Kier molecular flexibility index (Phi) is 4.10. The Morgan fingerprint density at radius 2 is 2.15 bits per heavy atom. The van der Waals surface area contributed by atoms with Crippen molar-refractivity contribution in [1.29, 1.82) is 0 Å². The number of thiazole rings is 1. The largest absolute Gasteiger partial charge is 0.345 e. The molecule has 0 aromatic carbocycles. The normalized spacial score (nSPS) is 26.9. The average molecular weight is 294 g/mol. The second-order valence-corrected chi connectivity index (χ2v) is 6.63. The summed E-state index contributed by atoms with van der Waals surface area (Å²) < 4.78 is 0. The van der Waals surface area contributed by atoms with E-state index in [4.69, 9.17) is 0 Å². The van der Waals surface area contributed by atoms with Crippen LogP contribution in [-0.4, -0.2) is 48.1 Å². The Bertz CT molecular complexity index is 442. The van der Waals surface area contributed by atoms with Gasteiger partial charge in [0.25, 0.3) is 0 Å². The standard InChI is InChI=1S/C14H22N4OS/c1-11-3-2-4-12(11)16-13(19)17-6-8-18(9-7-17)14-15-5-10-20-14/h5,10-12H,2-4,6-9H2,1H3,(H,16,19). The molecule has 1 aliphatic heterocycles. The van der Waals surface area contributed by atoms with Crippen LogP contribution in [0.5, 0.6) is 0 Å². The molecule has 110 valence electrons. The van der Waals surface area contributed by atoms with Crippen LogP contribution in [0.1, 0.15) is 26.2 Å². The molecule has 1 saturated carbocycles. The zero-order valence-electron chi connectivity index (χ0n) is 11.9. The van der Waals surface area contributed by atoms with E-state index in [9.17, 15) is 4.79 Å². The van der Waals surface area contributed by atoms with E-state index in [2.05, 4.69) is 22.1 Å². The van der Waals surface area contributed by atoms with Crippen molar-refractivity contribution >= 4 is 22.5 Å². The van der Waals surface area contributed by atoms with E-state index in [0.717, 1.165) is 37.7 Å². The van der Waals surface area contributed by atoms with E-state index in [-0.39, 0.29) is 6.03 Å². The number of aromatic nitrogens is 1. The molecule has 1 aliphatic carbocycles. The maximum absolute atomic E-state index is 12.3. The molecule has 1 saturated heterocycles. The number of nitrogens with one attached hydrogen (secondary N) is 1. The highest BCUT2D eigenvalue weighted by Gasteiger charge is 2.28. The van der Waals surface area contributed by atoms with Crippen LogP contribution in [0.3, 0.4) is 0 Å². The summed E-state index contributed by atoms with van der Waals surface area (Å²) in [6, 6.07) is 0.488. The van der Waals surface area contributed by atoms with Crippen molar-refractivity contribution in [3.63, 3.8) is 0 Å². The molecule has 1 aromatic rings. The summed E-state index contributed by atoms with van der Waals surface area (Å²) in [7, 11) is 0. The summed E-state index contributed by atoms with van der Waals surface area (Å²) in [6.07, 6.45) is 5.44. The van der Waals surface area contributed by atoms with Crippen LogP contribution in [0.2, 0.25) is 0 Å². The van der Waals surface area contributed by atoms with Crippen LogP contribution >= 0.6 is 11.3 Å². The van der Waals surface area contributed by atoms with Gasteiger partial charge >= 0.3 is 6.03 Å². The lowest BCUT2D eigenvalue weighted by atomic mass is 10.1. The van der Waals surface area contributed by atoms with Crippen LogP contribution in [0.4, 0.5) is 9.93 Å². The van der Waals surface area contributed by atoms with Gasteiger partial charge in [-0.1, -0.05) is 13.3 Å². The van der Waals surface area contributed by atoms with E-state index in [1.165, 1.54) is 12.8 Å². The van der Waals surface area contributed by atoms with E-state index in [1.807, 2.05) is 16.5 Å². The molecular weight excluding hydrogens is 272 g/mol. The first kappa shape index (κ1) is 13.7. The first-order valence-electron chi connectivity index (χ1n) is 7.44. The number of amides is 2. The molecule has 2 fully saturated rings. The molecule has 6 heteroatoms. The first-order chi connectivity index (χ1) is 9.74. The van der Waals surface area contributed by atoms with Crippen molar-refractivity contribution in [2.75, 3.05) is 31.1 Å². The number of carbonyl (C=O) groups is 1. The fraction of sp³-hybridized carbons (Fsp3) is 0.714. The summed E-state index contributed by atoms with van der Waals surface area (Å²) in [5.41, 5.74) is 0. The topological polar surface area (TPSA) is 48.5 Å². The highest BCUT2D eigenvalue weighted by Crippen LogP contribution is 2.25. The molecule has 2 heterocycles. The zero-order valence-corrected chi connectivity index (χ0v) is 12.7. The van der Waals surface area contributed by atoms with E-state index >= 15 is 0 Å². The predicted octanol–water partition coefficient (Wildman–Crippen LogP) is 2.16. The molecule has 2 aliphatic rings. The third kappa shape index (κ3) is 2.90. The lowest BCUT2D eigenvalue weighted by molar-refractivity contribution is 0.188. The predicted molar refractivity (Wildman–Crippen MR) is 81.2 cm³/mol. The van der Waals surface area contributed by atoms with Gasteiger partial charge in [0.05, 0.1) is 0 Å². The fourth-order valence-electron chi connectivity index (χ4n) is 3.08. The van der Waals surface area contributed by atoms with Crippen molar-refractivity contribution in [2.45, 2.75) is 32.2 Å². The third-order valence-electron chi connectivity index (χ3n) is 4.43. The van der Waals surface area contributed by atoms with Gasteiger partial charge in [-0.2, -0.15) is 0 Å². The lowest BCUT2D eigenvalue weighted by Crippen LogP contribution is -2.53. The number of carbonyl (C=O) groups excluding carboxylic acids is 1. The van der Waals surface area contributed by atoms with Crippen molar-refractivity contribution in [1.82, 2.24) is 15.2 Å². The number of rotatable bonds is 2. The molecule has 2 unspecified atom stereocenters. The van der Waals surface area contributed by atoms with Gasteiger partial charge in [-0.05, 0) is 18.8 Å². The maximum Gasteiger partial charge on any atom is 0.317 e. The van der Waals surface area contributed by atoms with Gasteiger partial charge in [-0.25, -0.2) is 9.78 Å². The summed E-state index contributed by atoms with van der Waals surface area (Å²) in [5.74, 6) is 0.621. The molecule has 0 radical (unpaired) electrons. The Morgan fingerprint density at radius 3 is 2.75 bits per heavy atom. The van der Waals surface area contributed by atoms with Crippen LogP contribution < -0.4 is 10.2 Å². The van der Waals surface area contributed by atoms with Gasteiger partial charge in [0, 0.05) is 43.8 Å². The Balaban J connectivity index is 1.49. The monoisotopic (exact) mass is 294 g/mol. The summed E-state index contributed by atoms with van der Waals surface area (Å²) in [6.45, 7) is 5.56. The molecule has 1 aromatic heterocycles. The van der Waals surface area contributed by atoms with Gasteiger partial charge in [-0.3, -0.25) is 0 Å². The zero-order chi connectivity index (χ0) is 13.9. The van der Waals surface area contributed by atoms with Gasteiger partial charge in [0.2, 0.25) is 0 Å². The van der Waals surface area contributed by atoms with Crippen molar-refractivity contribution < 1.29 is 4.79 Å². The molecular formula is C14H22N4OS. The summed E-state index contributed by atoms with van der Waals surface area (Å²) >= 11 is 1.66. The molecule has 1 N–H and O–H groups in total. The number of hydrogen-bond acceptors (Lipinski definition) is 4. The SMILES string of the molecule is CC1CCCC1NC(=O)N1CCN(c2nccs2)CC1. The molecule has 5 nitrogen and oxygen atoms in total. The minimum atomic E-state index is 0.113. The van der Waals surface area contributed by atoms with Crippen LogP contribution in [-0.2, 0) is 0 Å².